The van der Waals surface area contributed by atoms with Gasteiger partial charge in [-0.25, -0.2) is 0 Å². The summed E-state index contributed by atoms with van der Waals surface area (Å²) in [5, 5.41) is 21.5. The number of hydrogen-bond acceptors (Lipinski definition) is 7. The number of amides is 1. The van der Waals surface area contributed by atoms with Crippen LogP contribution in [0.5, 0.6) is 0 Å². The highest BCUT2D eigenvalue weighted by atomic mass is 35.5. The smallest absolute Gasteiger partial charge is 0.230 e. The largest absolute Gasteiger partial charge is 0.355 e. The molecule has 0 spiro atoms. The molecule has 156 valence electrons. The zero-order valence-electron chi connectivity index (χ0n) is 16.7. The molecule has 1 aliphatic rings. The number of benzene rings is 1. The fourth-order valence-corrected chi connectivity index (χ4v) is 4.69. The second-order valence-electron chi connectivity index (χ2n) is 7.54. The van der Waals surface area contributed by atoms with E-state index in [0.717, 1.165) is 54.3 Å². The molecule has 3 heterocycles. The van der Waals surface area contributed by atoms with Crippen molar-refractivity contribution in [1.29, 1.82) is 0 Å². The van der Waals surface area contributed by atoms with Crippen LogP contribution in [0, 0.1) is 12.8 Å². The predicted molar refractivity (Wildman–Crippen MR) is 119 cm³/mol. The van der Waals surface area contributed by atoms with Gasteiger partial charge in [0.1, 0.15) is 5.01 Å². The second-order valence-corrected chi connectivity index (χ2v) is 9.01. The van der Waals surface area contributed by atoms with Crippen LogP contribution in [-0.4, -0.2) is 39.4 Å². The molecule has 1 fully saturated rings. The van der Waals surface area contributed by atoms with E-state index in [4.69, 9.17) is 11.6 Å². The van der Waals surface area contributed by atoms with E-state index >= 15 is 0 Å². The molecule has 30 heavy (non-hydrogen) atoms. The van der Waals surface area contributed by atoms with Crippen LogP contribution in [0.15, 0.2) is 36.5 Å². The number of halogens is 1. The highest BCUT2D eigenvalue weighted by Crippen LogP contribution is 2.27. The Labute approximate surface area is 184 Å². The van der Waals surface area contributed by atoms with E-state index in [9.17, 15) is 4.79 Å². The maximum Gasteiger partial charge on any atom is 0.230 e. The Morgan fingerprint density at radius 2 is 2.07 bits per heavy atom. The van der Waals surface area contributed by atoms with Crippen molar-refractivity contribution >= 4 is 39.8 Å². The van der Waals surface area contributed by atoms with Crippen LogP contribution in [0.2, 0.25) is 5.02 Å². The fraction of sp³-hybridized carbons (Fsp3) is 0.381. The van der Waals surface area contributed by atoms with Crippen molar-refractivity contribution in [3.8, 4) is 0 Å². The minimum atomic E-state index is -0.137. The van der Waals surface area contributed by atoms with Gasteiger partial charge in [0.05, 0.1) is 6.42 Å². The fourth-order valence-electron chi connectivity index (χ4n) is 3.64. The summed E-state index contributed by atoms with van der Waals surface area (Å²) >= 11 is 7.64. The normalized spacial score (nSPS) is 14.7. The number of anilines is 2. The zero-order valence-corrected chi connectivity index (χ0v) is 18.3. The van der Waals surface area contributed by atoms with E-state index < -0.39 is 0 Å². The van der Waals surface area contributed by atoms with Crippen molar-refractivity contribution in [1.82, 2.24) is 20.4 Å². The Kier molecular flexibility index (Phi) is 6.54. The topological polar surface area (TPSA) is 83.9 Å². The summed E-state index contributed by atoms with van der Waals surface area (Å²) in [7, 11) is 0. The van der Waals surface area contributed by atoms with Gasteiger partial charge in [0.25, 0.3) is 0 Å². The Morgan fingerprint density at radius 1 is 1.23 bits per heavy atom. The predicted octanol–water partition coefficient (Wildman–Crippen LogP) is 3.93. The van der Waals surface area contributed by atoms with Gasteiger partial charge in [0, 0.05) is 30.7 Å². The first-order valence-electron chi connectivity index (χ1n) is 9.97. The molecule has 0 atom stereocenters. The first kappa shape index (κ1) is 20.7. The molecule has 1 saturated heterocycles. The number of nitrogens with one attached hydrogen (secondary N) is 1. The third-order valence-corrected chi connectivity index (χ3v) is 6.46. The molecule has 1 aromatic carbocycles. The molecule has 0 bridgehead atoms. The Morgan fingerprint density at radius 3 is 2.83 bits per heavy atom. The molecule has 7 nitrogen and oxygen atoms in total. The molecular weight excluding hydrogens is 420 g/mol. The summed E-state index contributed by atoms with van der Waals surface area (Å²) < 4.78 is 0. The molecule has 1 aliphatic heterocycles. The van der Waals surface area contributed by atoms with Crippen LogP contribution < -0.4 is 10.2 Å². The lowest BCUT2D eigenvalue weighted by atomic mass is 9.94. The van der Waals surface area contributed by atoms with Crippen LogP contribution in [0.4, 0.5) is 10.9 Å². The van der Waals surface area contributed by atoms with Crippen LogP contribution >= 0.6 is 22.9 Å². The number of piperidine rings is 1. The van der Waals surface area contributed by atoms with Gasteiger partial charge in [0.2, 0.25) is 11.0 Å². The molecule has 1 N–H and O–H groups in total. The molecule has 9 heteroatoms. The summed E-state index contributed by atoms with van der Waals surface area (Å²) in [6.07, 6.45) is 4.94. The first-order valence-corrected chi connectivity index (χ1v) is 11.2. The lowest BCUT2D eigenvalue weighted by Crippen LogP contribution is -2.34. The van der Waals surface area contributed by atoms with Gasteiger partial charge in [-0.2, -0.15) is 5.10 Å². The highest BCUT2D eigenvalue weighted by molar-refractivity contribution is 7.15. The number of hydrogen-bond donors (Lipinski definition) is 1. The number of nitrogens with zero attached hydrogens (tertiary/aromatic N) is 5. The maximum absolute atomic E-state index is 12.4. The average Bonchev–Trinajstić information content (AvgIpc) is 3.18. The summed E-state index contributed by atoms with van der Waals surface area (Å²) in [6, 6.07) is 9.59. The lowest BCUT2D eigenvalue weighted by Gasteiger charge is -2.32. The third-order valence-electron chi connectivity index (χ3n) is 5.23. The number of aryl methyl sites for hydroxylation is 1. The minimum absolute atomic E-state index is 0.137. The van der Waals surface area contributed by atoms with Gasteiger partial charge in [-0.15, -0.1) is 15.3 Å². The molecule has 0 saturated carbocycles. The first-order chi connectivity index (χ1) is 14.6. The zero-order chi connectivity index (χ0) is 20.9. The molecule has 0 unspecified atom stereocenters. The molecule has 2 aromatic heterocycles. The summed E-state index contributed by atoms with van der Waals surface area (Å²) in [6.45, 7) is 3.90. The van der Waals surface area contributed by atoms with Crippen molar-refractivity contribution in [3.05, 3.63) is 57.7 Å². The monoisotopic (exact) mass is 442 g/mol. The second kappa shape index (κ2) is 9.49. The average molecular weight is 443 g/mol. The molecule has 0 radical (unpaired) electrons. The number of carbonyl (C=O) groups excluding carboxylic acids is 1. The molecular formula is C21H23ClN6OS. The van der Waals surface area contributed by atoms with Crippen LogP contribution in [0.3, 0.4) is 0 Å². The highest BCUT2D eigenvalue weighted by Gasteiger charge is 2.22. The van der Waals surface area contributed by atoms with Crippen LogP contribution in [0.1, 0.15) is 29.0 Å². The van der Waals surface area contributed by atoms with E-state index in [1.165, 1.54) is 11.3 Å². The summed E-state index contributed by atoms with van der Waals surface area (Å²) in [4.78, 5) is 14.6. The van der Waals surface area contributed by atoms with E-state index in [1.807, 2.05) is 37.3 Å². The quantitative estimate of drug-likeness (QED) is 0.622. The Bertz CT molecular complexity index is 1000. The molecule has 4 rings (SSSR count). The van der Waals surface area contributed by atoms with Gasteiger partial charge in [-0.3, -0.25) is 4.79 Å². The molecule has 3 aromatic rings. The van der Waals surface area contributed by atoms with E-state index in [0.29, 0.717) is 16.1 Å². The Hall–Kier alpha value is -2.58. The van der Waals surface area contributed by atoms with E-state index in [2.05, 4.69) is 30.6 Å². The van der Waals surface area contributed by atoms with Gasteiger partial charge >= 0.3 is 0 Å². The van der Waals surface area contributed by atoms with Gasteiger partial charge in [0.15, 0.2) is 5.82 Å². The maximum atomic E-state index is 12.4. The number of rotatable bonds is 6. The van der Waals surface area contributed by atoms with Gasteiger partial charge in [-0.05, 0) is 49.4 Å². The van der Waals surface area contributed by atoms with Gasteiger partial charge < -0.3 is 10.2 Å². The van der Waals surface area contributed by atoms with E-state index in [-0.39, 0.29) is 12.3 Å². The Balaban J connectivity index is 1.27. The van der Waals surface area contributed by atoms with Crippen molar-refractivity contribution in [2.24, 2.45) is 5.92 Å². The third kappa shape index (κ3) is 5.31. The van der Waals surface area contributed by atoms with Crippen molar-refractivity contribution in [2.45, 2.75) is 32.6 Å². The lowest BCUT2D eigenvalue weighted by molar-refractivity contribution is -0.115. The van der Waals surface area contributed by atoms with Gasteiger partial charge in [-0.1, -0.05) is 40.6 Å². The summed E-state index contributed by atoms with van der Waals surface area (Å²) in [5.41, 5.74) is 1.89. The van der Waals surface area contributed by atoms with Crippen LogP contribution in [-0.2, 0) is 17.6 Å². The van der Waals surface area contributed by atoms with Crippen LogP contribution in [0.25, 0.3) is 0 Å². The summed E-state index contributed by atoms with van der Waals surface area (Å²) in [5.74, 6) is 1.36. The molecule has 0 aliphatic carbocycles. The van der Waals surface area contributed by atoms with E-state index in [1.54, 1.807) is 6.20 Å². The molecule has 1 amide bonds. The number of aromatic nitrogens is 4. The van der Waals surface area contributed by atoms with Crippen molar-refractivity contribution < 1.29 is 4.79 Å². The minimum Gasteiger partial charge on any atom is -0.355 e. The standard InChI is InChI=1S/C21H23ClN6OS/c1-14-4-5-17(22)16(11-14)13-19(29)24-21-27-26-20(30-21)12-15-6-9-28(10-7-15)18-3-2-8-23-25-18/h2-5,8,11,15H,6-7,9-10,12-13H2,1H3,(H,24,27,29). The van der Waals surface area contributed by atoms with Crippen molar-refractivity contribution in [3.63, 3.8) is 0 Å². The SMILES string of the molecule is Cc1ccc(Cl)c(CC(=O)Nc2nnc(CC3CCN(c4cccnn4)CC3)s2)c1. The van der Waals surface area contributed by atoms with Crippen molar-refractivity contribution in [2.75, 3.05) is 23.3 Å². The number of carbonyl (C=O) groups is 1.